The Labute approximate surface area is 145 Å². The summed E-state index contributed by atoms with van der Waals surface area (Å²) in [6.45, 7) is -0.357. The van der Waals surface area contributed by atoms with Crippen LogP contribution in [0, 0.1) is 11.3 Å². The molecule has 24 heavy (non-hydrogen) atoms. The fourth-order valence-electron chi connectivity index (χ4n) is 3.85. The van der Waals surface area contributed by atoms with E-state index in [1.165, 1.54) is 12.7 Å². The van der Waals surface area contributed by atoms with Gasteiger partial charge >= 0.3 is 0 Å². The number of aliphatic hydroxyl groups is 3. The first-order chi connectivity index (χ1) is 11.5. The quantitative estimate of drug-likeness (QED) is 0.729. The molecule has 0 bridgehead atoms. The largest absolute Gasteiger partial charge is 0.396 e. The van der Waals surface area contributed by atoms with Gasteiger partial charge in [0.25, 0.3) is 0 Å². The summed E-state index contributed by atoms with van der Waals surface area (Å²) in [4.78, 5) is 3.91. The van der Waals surface area contributed by atoms with E-state index in [0.717, 1.165) is 12.0 Å². The monoisotopic (exact) mass is 351 g/mol. The lowest BCUT2D eigenvalue weighted by Crippen LogP contribution is -2.55. The molecule has 3 rings (SSSR count). The SMILES string of the molecule is OCC1(CO)CC[C@H](Cc2ccc(Cl)cc2)[C@]1(O)Cn1cncn1. The maximum atomic E-state index is 11.5. The molecule has 1 aromatic heterocycles. The van der Waals surface area contributed by atoms with E-state index in [9.17, 15) is 15.3 Å². The predicted octanol–water partition coefficient (Wildman–Crippen LogP) is 1.29. The van der Waals surface area contributed by atoms with E-state index in [4.69, 9.17) is 11.6 Å². The first kappa shape index (κ1) is 17.4. The van der Waals surface area contributed by atoms with Gasteiger partial charge in [0.1, 0.15) is 12.7 Å². The maximum absolute atomic E-state index is 11.5. The molecular formula is C17H22ClN3O3. The molecule has 0 amide bonds. The van der Waals surface area contributed by atoms with Gasteiger partial charge in [-0.3, -0.25) is 4.68 Å². The van der Waals surface area contributed by atoms with Crippen molar-refractivity contribution < 1.29 is 15.3 Å². The minimum atomic E-state index is -1.27. The molecule has 1 heterocycles. The molecule has 2 atom stereocenters. The van der Waals surface area contributed by atoms with E-state index >= 15 is 0 Å². The second kappa shape index (κ2) is 6.80. The van der Waals surface area contributed by atoms with Crippen LogP contribution in [0.15, 0.2) is 36.9 Å². The number of aromatic nitrogens is 3. The minimum Gasteiger partial charge on any atom is -0.396 e. The van der Waals surface area contributed by atoms with Crippen molar-refractivity contribution in [1.29, 1.82) is 0 Å². The Bertz CT molecular complexity index is 658. The van der Waals surface area contributed by atoms with Gasteiger partial charge in [0.05, 0.1) is 25.4 Å². The molecule has 0 spiro atoms. The molecule has 1 aliphatic carbocycles. The van der Waals surface area contributed by atoms with Crippen LogP contribution in [0.1, 0.15) is 18.4 Å². The van der Waals surface area contributed by atoms with Crippen LogP contribution in [-0.4, -0.2) is 48.9 Å². The number of nitrogens with zero attached hydrogens (tertiary/aromatic N) is 3. The molecule has 0 saturated heterocycles. The highest BCUT2D eigenvalue weighted by molar-refractivity contribution is 6.30. The van der Waals surface area contributed by atoms with Crippen LogP contribution in [0.5, 0.6) is 0 Å². The lowest BCUT2D eigenvalue weighted by atomic mass is 9.71. The molecule has 2 aromatic rings. The van der Waals surface area contributed by atoms with Gasteiger partial charge in [0, 0.05) is 10.4 Å². The third-order valence-electron chi connectivity index (χ3n) is 5.44. The van der Waals surface area contributed by atoms with Crippen LogP contribution in [0.25, 0.3) is 0 Å². The van der Waals surface area contributed by atoms with Crippen molar-refractivity contribution in [3.8, 4) is 0 Å². The third-order valence-corrected chi connectivity index (χ3v) is 5.69. The van der Waals surface area contributed by atoms with Crippen LogP contribution >= 0.6 is 11.6 Å². The molecule has 130 valence electrons. The Morgan fingerprint density at radius 2 is 1.92 bits per heavy atom. The van der Waals surface area contributed by atoms with Gasteiger partial charge in [-0.15, -0.1) is 0 Å². The average molecular weight is 352 g/mol. The van der Waals surface area contributed by atoms with E-state index < -0.39 is 11.0 Å². The van der Waals surface area contributed by atoms with Gasteiger partial charge in [0.2, 0.25) is 0 Å². The van der Waals surface area contributed by atoms with E-state index in [1.54, 1.807) is 4.68 Å². The highest BCUT2D eigenvalue weighted by atomic mass is 35.5. The van der Waals surface area contributed by atoms with Crippen LogP contribution < -0.4 is 0 Å². The lowest BCUT2D eigenvalue weighted by molar-refractivity contribution is -0.143. The van der Waals surface area contributed by atoms with E-state index in [0.29, 0.717) is 17.9 Å². The van der Waals surface area contributed by atoms with Crippen molar-refractivity contribution in [2.24, 2.45) is 11.3 Å². The Morgan fingerprint density at radius 1 is 1.21 bits per heavy atom. The second-order valence-corrected chi connectivity index (χ2v) is 7.12. The van der Waals surface area contributed by atoms with Crippen LogP contribution in [0.4, 0.5) is 0 Å². The molecule has 1 saturated carbocycles. The molecule has 1 aromatic carbocycles. The molecule has 3 N–H and O–H groups in total. The Morgan fingerprint density at radius 3 is 2.50 bits per heavy atom. The number of aliphatic hydroxyl groups excluding tert-OH is 2. The number of hydrogen-bond acceptors (Lipinski definition) is 5. The topological polar surface area (TPSA) is 91.4 Å². The Kier molecular flexibility index (Phi) is 4.92. The van der Waals surface area contributed by atoms with Gasteiger partial charge in [-0.25, -0.2) is 4.98 Å². The summed E-state index contributed by atoms with van der Waals surface area (Å²) in [7, 11) is 0. The number of hydrogen-bond donors (Lipinski definition) is 3. The number of halogens is 1. The number of benzene rings is 1. The van der Waals surface area contributed by atoms with Gasteiger partial charge in [0.15, 0.2) is 0 Å². The van der Waals surface area contributed by atoms with E-state index in [2.05, 4.69) is 10.1 Å². The zero-order valence-corrected chi connectivity index (χ0v) is 14.1. The first-order valence-electron chi connectivity index (χ1n) is 8.04. The summed E-state index contributed by atoms with van der Waals surface area (Å²) < 4.78 is 1.56. The highest BCUT2D eigenvalue weighted by Crippen LogP contribution is 2.51. The van der Waals surface area contributed by atoms with E-state index in [1.807, 2.05) is 24.3 Å². The molecule has 7 heteroatoms. The fraction of sp³-hybridized carbons (Fsp3) is 0.529. The average Bonchev–Trinajstić information content (AvgIpc) is 3.17. The first-order valence-corrected chi connectivity index (χ1v) is 8.42. The lowest BCUT2D eigenvalue weighted by Gasteiger charge is -2.43. The summed E-state index contributed by atoms with van der Waals surface area (Å²) in [5.41, 5.74) is -1.16. The molecule has 0 aliphatic heterocycles. The second-order valence-electron chi connectivity index (χ2n) is 6.68. The standard InChI is InChI=1S/C17H22ClN3O3/c18-15-3-1-13(2-4-15)7-14-5-6-16(9-22,10-23)17(14,24)8-21-12-19-11-20-21/h1-4,11-12,14,22-24H,5-10H2/t14-,17-/m1/s1. The van der Waals surface area contributed by atoms with Crippen molar-refractivity contribution in [2.75, 3.05) is 13.2 Å². The predicted molar refractivity (Wildman–Crippen MR) is 89.5 cm³/mol. The molecule has 6 nitrogen and oxygen atoms in total. The zero-order valence-electron chi connectivity index (χ0n) is 13.3. The fourth-order valence-corrected chi connectivity index (χ4v) is 3.98. The molecule has 1 fully saturated rings. The van der Waals surface area contributed by atoms with Crippen molar-refractivity contribution in [1.82, 2.24) is 14.8 Å². The van der Waals surface area contributed by atoms with Crippen LogP contribution in [0.2, 0.25) is 5.02 Å². The van der Waals surface area contributed by atoms with Crippen molar-refractivity contribution in [2.45, 2.75) is 31.4 Å². The Hall–Kier alpha value is -1.47. The Balaban J connectivity index is 1.90. The highest BCUT2D eigenvalue weighted by Gasteiger charge is 2.59. The normalized spacial score (nSPS) is 25.9. The van der Waals surface area contributed by atoms with Crippen molar-refractivity contribution >= 4 is 11.6 Å². The number of rotatable bonds is 6. The zero-order chi connectivity index (χ0) is 17.2. The van der Waals surface area contributed by atoms with Crippen molar-refractivity contribution in [3.05, 3.63) is 47.5 Å². The smallest absolute Gasteiger partial charge is 0.137 e. The minimum absolute atomic E-state index is 0.109. The molecule has 1 aliphatic rings. The van der Waals surface area contributed by atoms with Gasteiger partial charge in [-0.2, -0.15) is 5.10 Å². The molecule has 0 unspecified atom stereocenters. The summed E-state index contributed by atoms with van der Waals surface area (Å²) in [5.74, 6) is -0.109. The van der Waals surface area contributed by atoms with Gasteiger partial charge < -0.3 is 15.3 Å². The maximum Gasteiger partial charge on any atom is 0.137 e. The summed E-state index contributed by atoms with van der Waals surface area (Å²) in [6.07, 6.45) is 4.86. The summed E-state index contributed by atoms with van der Waals surface area (Å²) in [5, 5.41) is 36.1. The van der Waals surface area contributed by atoms with Crippen LogP contribution in [-0.2, 0) is 13.0 Å². The van der Waals surface area contributed by atoms with Crippen molar-refractivity contribution in [3.63, 3.8) is 0 Å². The molecular weight excluding hydrogens is 330 g/mol. The summed E-state index contributed by atoms with van der Waals surface area (Å²) >= 11 is 5.94. The molecule has 0 radical (unpaired) electrons. The van der Waals surface area contributed by atoms with Gasteiger partial charge in [-0.05, 0) is 42.9 Å². The third kappa shape index (κ3) is 2.95. The van der Waals surface area contributed by atoms with E-state index in [-0.39, 0.29) is 25.7 Å². The van der Waals surface area contributed by atoms with Crippen LogP contribution in [0.3, 0.4) is 0 Å². The summed E-state index contributed by atoms with van der Waals surface area (Å²) in [6, 6.07) is 7.54. The van der Waals surface area contributed by atoms with Gasteiger partial charge in [-0.1, -0.05) is 23.7 Å².